The molecule has 2 heterocycles. The Hall–Kier alpha value is -2.10. The van der Waals surface area contributed by atoms with Crippen LogP contribution < -0.4 is 5.56 Å². The number of hydrogen-bond acceptors (Lipinski definition) is 7. The molecule has 0 saturated carbocycles. The maximum absolute atomic E-state index is 11.5. The summed E-state index contributed by atoms with van der Waals surface area (Å²) in [5, 5.41) is 36.2. The Morgan fingerprint density at radius 2 is 2.21 bits per heavy atom. The number of H-pyrrole nitrogens is 1. The van der Waals surface area contributed by atoms with E-state index in [4.69, 9.17) is 5.11 Å². The van der Waals surface area contributed by atoms with Gasteiger partial charge in [0.25, 0.3) is 5.56 Å². The molecule has 0 bridgehead atoms. The molecule has 0 aliphatic heterocycles. The van der Waals surface area contributed by atoms with E-state index in [0.717, 1.165) is 0 Å². The molecule has 1 aliphatic rings. The van der Waals surface area contributed by atoms with Crippen LogP contribution in [0.25, 0.3) is 11.2 Å². The highest BCUT2D eigenvalue weighted by molar-refractivity contribution is 5.67. The van der Waals surface area contributed by atoms with Gasteiger partial charge in [-0.2, -0.15) is 0 Å². The summed E-state index contributed by atoms with van der Waals surface area (Å²) in [6.45, 7) is -0.366. The Balaban J connectivity index is 2.13. The van der Waals surface area contributed by atoms with Crippen molar-refractivity contribution in [3.63, 3.8) is 0 Å². The van der Waals surface area contributed by atoms with Crippen LogP contribution in [0.2, 0.25) is 0 Å². The molecule has 9 nitrogen and oxygen atoms in total. The molecule has 0 saturated heterocycles. The van der Waals surface area contributed by atoms with E-state index >= 15 is 0 Å². The number of aliphatic hydroxyl groups is 3. The summed E-state index contributed by atoms with van der Waals surface area (Å²) in [4.78, 5) is 17.8. The largest absolute Gasteiger partial charge is 0.392 e. The van der Waals surface area contributed by atoms with Crippen molar-refractivity contribution in [3.8, 4) is 0 Å². The van der Waals surface area contributed by atoms with Gasteiger partial charge in [-0.25, -0.2) is 9.67 Å². The van der Waals surface area contributed by atoms with E-state index in [9.17, 15) is 15.0 Å². The number of nitrogens with zero attached hydrogens (tertiary/aromatic N) is 4. The van der Waals surface area contributed by atoms with Crippen LogP contribution in [0, 0.1) is 0 Å². The number of aromatic nitrogens is 5. The van der Waals surface area contributed by atoms with Crippen LogP contribution in [0.1, 0.15) is 6.04 Å². The van der Waals surface area contributed by atoms with Gasteiger partial charge in [0.2, 0.25) is 0 Å². The fraction of sp³-hybridized carbons (Fsp3) is 0.400. The van der Waals surface area contributed by atoms with Crippen molar-refractivity contribution >= 4 is 11.2 Å². The molecule has 2 aromatic heterocycles. The third kappa shape index (κ3) is 1.67. The Labute approximate surface area is 105 Å². The van der Waals surface area contributed by atoms with Gasteiger partial charge in [0.1, 0.15) is 18.2 Å². The van der Waals surface area contributed by atoms with E-state index in [2.05, 4.69) is 20.3 Å². The van der Waals surface area contributed by atoms with E-state index in [0.29, 0.717) is 5.57 Å². The number of aromatic amines is 1. The third-order valence-electron chi connectivity index (χ3n) is 3.17. The van der Waals surface area contributed by atoms with Crippen LogP contribution in [0.5, 0.6) is 0 Å². The van der Waals surface area contributed by atoms with Gasteiger partial charge in [-0.3, -0.25) is 4.79 Å². The molecule has 0 spiro atoms. The highest BCUT2D eigenvalue weighted by Gasteiger charge is 2.37. The van der Waals surface area contributed by atoms with Crippen molar-refractivity contribution in [2.24, 2.45) is 0 Å². The van der Waals surface area contributed by atoms with Gasteiger partial charge >= 0.3 is 0 Å². The molecule has 2 aromatic rings. The highest BCUT2D eigenvalue weighted by atomic mass is 16.3. The molecular formula is C10H11N5O4. The Kier molecular flexibility index (Phi) is 2.66. The molecule has 0 unspecified atom stereocenters. The van der Waals surface area contributed by atoms with Crippen LogP contribution in [0.3, 0.4) is 0 Å². The zero-order valence-corrected chi connectivity index (χ0v) is 9.63. The molecule has 0 radical (unpaired) electrons. The topological polar surface area (TPSA) is 137 Å². The molecule has 1 aliphatic carbocycles. The predicted octanol–water partition coefficient (Wildman–Crippen LogP) is -2.29. The first-order chi connectivity index (χ1) is 9.13. The van der Waals surface area contributed by atoms with Crippen molar-refractivity contribution in [1.82, 2.24) is 25.0 Å². The molecule has 0 amide bonds. The maximum atomic E-state index is 11.5. The lowest BCUT2D eigenvalue weighted by atomic mass is 10.1. The highest BCUT2D eigenvalue weighted by Crippen LogP contribution is 2.29. The summed E-state index contributed by atoms with van der Waals surface area (Å²) in [5.41, 5.74) is 0.118. The van der Waals surface area contributed by atoms with E-state index < -0.39 is 23.8 Å². The Bertz CT molecular complexity index is 705. The second-order valence-corrected chi connectivity index (χ2v) is 4.26. The summed E-state index contributed by atoms with van der Waals surface area (Å²) in [7, 11) is 0. The summed E-state index contributed by atoms with van der Waals surface area (Å²) in [6.07, 6.45) is 0.357. The SMILES string of the molecule is O=c1[nH]cnc2c1nnn2[C@@H]1C=C(CO)[C@@H](O)[C@H]1O. The smallest absolute Gasteiger partial charge is 0.280 e. The average molecular weight is 265 g/mol. The van der Waals surface area contributed by atoms with Crippen molar-refractivity contribution in [2.75, 3.05) is 6.61 Å². The number of hydrogen-bond donors (Lipinski definition) is 4. The fourth-order valence-corrected chi connectivity index (χ4v) is 2.16. The summed E-state index contributed by atoms with van der Waals surface area (Å²) < 4.78 is 1.25. The monoisotopic (exact) mass is 265 g/mol. The molecule has 19 heavy (non-hydrogen) atoms. The number of nitrogens with one attached hydrogen (secondary N) is 1. The Morgan fingerprint density at radius 3 is 2.89 bits per heavy atom. The minimum atomic E-state index is -1.17. The lowest BCUT2D eigenvalue weighted by molar-refractivity contribution is 0.0261. The van der Waals surface area contributed by atoms with Gasteiger partial charge in [-0.15, -0.1) is 5.10 Å². The fourth-order valence-electron chi connectivity index (χ4n) is 2.16. The lowest BCUT2D eigenvalue weighted by Gasteiger charge is -2.17. The van der Waals surface area contributed by atoms with E-state index in [-0.39, 0.29) is 17.8 Å². The first kappa shape index (κ1) is 12.0. The molecule has 9 heteroatoms. The molecule has 0 fully saturated rings. The number of rotatable bonds is 2. The average Bonchev–Trinajstić information content (AvgIpc) is 2.94. The zero-order chi connectivity index (χ0) is 13.6. The van der Waals surface area contributed by atoms with Crippen molar-refractivity contribution < 1.29 is 15.3 Å². The standard InChI is InChI=1S/C10H11N5O4/c16-2-4-1-5(8(18)7(4)17)15-9-6(13-14-15)10(19)12-3-11-9/h1,3,5,7-8,16-18H,2H2,(H,11,12,19)/t5-,7-,8+/m1/s1. The molecule has 4 N–H and O–H groups in total. The zero-order valence-electron chi connectivity index (χ0n) is 9.63. The van der Waals surface area contributed by atoms with Gasteiger partial charge < -0.3 is 20.3 Å². The van der Waals surface area contributed by atoms with Gasteiger partial charge in [0.15, 0.2) is 11.2 Å². The second-order valence-electron chi connectivity index (χ2n) is 4.26. The molecular weight excluding hydrogens is 254 g/mol. The van der Waals surface area contributed by atoms with Gasteiger partial charge in [-0.05, 0) is 5.57 Å². The lowest BCUT2D eigenvalue weighted by Crippen LogP contribution is -2.30. The molecule has 0 aromatic carbocycles. The van der Waals surface area contributed by atoms with Gasteiger partial charge in [0, 0.05) is 0 Å². The summed E-state index contributed by atoms with van der Waals surface area (Å²) in [5.74, 6) is 0. The van der Waals surface area contributed by atoms with Crippen LogP contribution in [0.15, 0.2) is 22.8 Å². The molecule has 100 valence electrons. The van der Waals surface area contributed by atoms with Gasteiger partial charge in [0.05, 0.1) is 12.9 Å². The van der Waals surface area contributed by atoms with Crippen LogP contribution in [0.4, 0.5) is 0 Å². The molecule has 3 atom stereocenters. The van der Waals surface area contributed by atoms with Crippen molar-refractivity contribution in [3.05, 3.63) is 28.3 Å². The van der Waals surface area contributed by atoms with Gasteiger partial charge in [-0.1, -0.05) is 11.3 Å². The second kappa shape index (κ2) is 4.23. The Morgan fingerprint density at radius 1 is 1.42 bits per heavy atom. The number of fused-ring (bicyclic) bond motifs is 1. The maximum Gasteiger partial charge on any atom is 0.280 e. The minimum absolute atomic E-state index is 0.0510. The van der Waals surface area contributed by atoms with Crippen LogP contribution in [-0.4, -0.2) is 59.1 Å². The van der Waals surface area contributed by atoms with Crippen LogP contribution in [-0.2, 0) is 0 Å². The van der Waals surface area contributed by atoms with Crippen molar-refractivity contribution in [2.45, 2.75) is 18.2 Å². The van der Waals surface area contributed by atoms with E-state index in [1.807, 2.05) is 0 Å². The summed E-state index contributed by atoms with van der Waals surface area (Å²) >= 11 is 0. The van der Waals surface area contributed by atoms with E-state index in [1.165, 1.54) is 17.1 Å². The quantitative estimate of drug-likeness (QED) is 0.448. The predicted molar refractivity (Wildman–Crippen MR) is 62.2 cm³/mol. The molecule has 3 rings (SSSR count). The number of aliphatic hydroxyl groups excluding tert-OH is 3. The normalized spacial score (nSPS) is 26.9. The van der Waals surface area contributed by atoms with Crippen molar-refractivity contribution in [1.29, 1.82) is 0 Å². The first-order valence-corrected chi connectivity index (χ1v) is 5.59. The van der Waals surface area contributed by atoms with E-state index in [1.54, 1.807) is 0 Å². The van der Waals surface area contributed by atoms with Crippen LogP contribution >= 0.6 is 0 Å². The minimum Gasteiger partial charge on any atom is -0.392 e. The first-order valence-electron chi connectivity index (χ1n) is 5.59. The summed E-state index contributed by atoms with van der Waals surface area (Å²) in [6, 6.07) is -0.726. The third-order valence-corrected chi connectivity index (χ3v) is 3.17.